The quantitative estimate of drug-likeness (QED) is 0.865. The normalized spacial score (nSPS) is 13.2. The van der Waals surface area contributed by atoms with E-state index >= 15 is 0 Å². The third-order valence-electron chi connectivity index (χ3n) is 2.88. The number of nitrogens with zero attached hydrogens (tertiary/aromatic N) is 2. The van der Waals surface area contributed by atoms with Gasteiger partial charge in [0.15, 0.2) is 0 Å². The molecule has 0 saturated heterocycles. The van der Waals surface area contributed by atoms with Crippen molar-refractivity contribution in [1.82, 2.24) is 9.55 Å². The molecule has 2 aromatic rings. The van der Waals surface area contributed by atoms with Crippen LogP contribution in [0.2, 0.25) is 5.02 Å². The number of nitrogens with two attached hydrogens (primary N) is 1. The SMILES string of the molecule is NC(=O)c1cn2c(n1)-c1cc(Br)c(Cl)cc1OCC2. The number of amides is 1. The smallest absolute Gasteiger partial charge is 0.268 e. The molecule has 5 nitrogen and oxygen atoms in total. The number of hydrogen-bond acceptors (Lipinski definition) is 3. The number of carbonyl (C=O) groups excluding carboxylic acids is 1. The molecule has 1 aromatic heterocycles. The first-order valence-corrected chi connectivity index (χ1v) is 6.72. The standard InChI is InChI=1S/C12H9BrClN3O2/c13-7-3-6-10(4-8(7)14)19-2-1-17-5-9(11(15)18)16-12(6)17/h3-5H,1-2H2,(H2,15,18). The minimum Gasteiger partial charge on any atom is -0.491 e. The summed E-state index contributed by atoms with van der Waals surface area (Å²) in [6.45, 7) is 1.08. The van der Waals surface area contributed by atoms with Crippen LogP contribution in [0.5, 0.6) is 5.75 Å². The van der Waals surface area contributed by atoms with E-state index in [-0.39, 0.29) is 5.69 Å². The molecular weight excluding hydrogens is 334 g/mol. The zero-order valence-corrected chi connectivity index (χ0v) is 12.0. The van der Waals surface area contributed by atoms with E-state index in [4.69, 9.17) is 22.1 Å². The van der Waals surface area contributed by atoms with Gasteiger partial charge in [0, 0.05) is 16.7 Å². The van der Waals surface area contributed by atoms with E-state index < -0.39 is 5.91 Å². The molecule has 2 N–H and O–H groups in total. The number of fused-ring (bicyclic) bond motifs is 3. The van der Waals surface area contributed by atoms with Crippen molar-refractivity contribution in [2.45, 2.75) is 6.54 Å². The first-order chi connectivity index (χ1) is 9.06. The predicted molar refractivity (Wildman–Crippen MR) is 74.4 cm³/mol. The molecule has 0 saturated carbocycles. The molecule has 1 aliphatic heterocycles. The molecular formula is C12H9BrClN3O2. The average Bonchev–Trinajstić information content (AvgIpc) is 2.71. The Balaban J connectivity index is 2.23. The fraction of sp³-hybridized carbons (Fsp3) is 0.167. The second-order valence-electron chi connectivity index (χ2n) is 4.12. The van der Waals surface area contributed by atoms with Gasteiger partial charge in [-0.05, 0) is 22.0 Å². The van der Waals surface area contributed by atoms with Crippen LogP contribution in [-0.2, 0) is 6.54 Å². The Hall–Kier alpha value is -1.53. The highest BCUT2D eigenvalue weighted by Gasteiger charge is 2.21. The van der Waals surface area contributed by atoms with Gasteiger partial charge in [0.25, 0.3) is 5.91 Å². The highest BCUT2D eigenvalue weighted by molar-refractivity contribution is 9.10. The molecule has 0 bridgehead atoms. The largest absolute Gasteiger partial charge is 0.491 e. The molecule has 0 radical (unpaired) electrons. The fourth-order valence-electron chi connectivity index (χ4n) is 2.00. The molecule has 2 heterocycles. The molecule has 7 heteroatoms. The van der Waals surface area contributed by atoms with Crippen molar-refractivity contribution >= 4 is 33.4 Å². The predicted octanol–water partition coefficient (Wildman–Crippen LogP) is 2.46. The molecule has 19 heavy (non-hydrogen) atoms. The summed E-state index contributed by atoms with van der Waals surface area (Å²) in [5.41, 5.74) is 6.29. The summed E-state index contributed by atoms with van der Waals surface area (Å²) in [5.74, 6) is 0.753. The van der Waals surface area contributed by atoms with E-state index in [1.807, 2.05) is 10.6 Å². The van der Waals surface area contributed by atoms with E-state index in [0.29, 0.717) is 29.7 Å². The number of hydrogen-bond donors (Lipinski definition) is 1. The van der Waals surface area contributed by atoms with Crippen molar-refractivity contribution in [3.05, 3.63) is 33.5 Å². The summed E-state index contributed by atoms with van der Waals surface area (Å²) in [4.78, 5) is 15.5. The summed E-state index contributed by atoms with van der Waals surface area (Å²) in [6.07, 6.45) is 1.64. The van der Waals surface area contributed by atoms with E-state index in [1.165, 1.54) is 0 Å². The third-order valence-corrected chi connectivity index (χ3v) is 4.08. The Kier molecular flexibility index (Phi) is 2.99. The van der Waals surface area contributed by atoms with Gasteiger partial charge in [-0.3, -0.25) is 4.79 Å². The molecule has 0 fully saturated rings. The van der Waals surface area contributed by atoms with Gasteiger partial charge in [0.2, 0.25) is 0 Å². The van der Waals surface area contributed by atoms with E-state index in [0.717, 1.165) is 10.0 Å². The third kappa shape index (κ3) is 2.11. The van der Waals surface area contributed by atoms with Gasteiger partial charge in [0.05, 0.1) is 17.1 Å². The number of rotatable bonds is 1. The number of halogens is 2. The van der Waals surface area contributed by atoms with Crippen LogP contribution in [0.25, 0.3) is 11.4 Å². The summed E-state index contributed by atoms with van der Waals surface area (Å²) in [5, 5.41) is 0.564. The molecule has 0 unspecified atom stereocenters. The van der Waals surface area contributed by atoms with Crippen LogP contribution in [0.3, 0.4) is 0 Å². The van der Waals surface area contributed by atoms with Crippen LogP contribution in [0.4, 0.5) is 0 Å². The summed E-state index contributed by atoms with van der Waals surface area (Å²) in [7, 11) is 0. The molecule has 98 valence electrons. The fourth-order valence-corrected chi connectivity index (χ4v) is 2.49. The zero-order chi connectivity index (χ0) is 13.6. The van der Waals surface area contributed by atoms with Gasteiger partial charge in [-0.25, -0.2) is 4.98 Å². The number of aromatic nitrogens is 2. The van der Waals surface area contributed by atoms with Crippen LogP contribution in [-0.4, -0.2) is 22.1 Å². The van der Waals surface area contributed by atoms with Gasteiger partial charge in [-0.2, -0.15) is 0 Å². The van der Waals surface area contributed by atoms with Crippen molar-refractivity contribution in [1.29, 1.82) is 0 Å². The average molecular weight is 343 g/mol. The molecule has 3 rings (SSSR count). The minimum absolute atomic E-state index is 0.244. The second kappa shape index (κ2) is 4.54. The second-order valence-corrected chi connectivity index (χ2v) is 5.38. The van der Waals surface area contributed by atoms with Crippen LogP contribution in [0, 0.1) is 0 Å². The van der Waals surface area contributed by atoms with Crippen LogP contribution in [0.1, 0.15) is 10.5 Å². The molecule has 0 atom stereocenters. The van der Waals surface area contributed by atoms with Crippen molar-refractivity contribution in [2.24, 2.45) is 5.73 Å². The maximum atomic E-state index is 11.2. The van der Waals surface area contributed by atoms with Crippen LogP contribution < -0.4 is 10.5 Å². The Morgan fingerprint density at radius 3 is 3.05 bits per heavy atom. The number of benzene rings is 1. The first-order valence-electron chi connectivity index (χ1n) is 5.55. The topological polar surface area (TPSA) is 70.1 Å². The Labute approximate surface area is 122 Å². The van der Waals surface area contributed by atoms with Crippen molar-refractivity contribution in [3.63, 3.8) is 0 Å². The molecule has 0 aliphatic carbocycles. The number of imidazole rings is 1. The first kappa shape index (κ1) is 12.5. The number of primary amides is 1. The zero-order valence-electron chi connectivity index (χ0n) is 9.69. The highest BCUT2D eigenvalue weighted by Crippen LogP contribution is 2.38. The van der Waals surface area contributed by atoms with Gasteiger partial charge < -0.3 is 15.0 Å². The van der Waals surface area contributed by atoms with Crippen molar-refractivity contribution in [2.75, 3.05) is 6.61 Å². The van der Waals surface area contributed by atoms with Crippen LogP contribution >= 0.6 is 27.5 Å². The van der Waals surface area contributed by atoms with E-state index in [9.17, 15) is 4.79 Å². The Bertz CT molecular complexity index is 684. The molecule has 0 spiro atoms. The monoisotopic (exact) mass is 341 g/mol. The Morgan fingerprint density at radius 2 is 2.32 bits per heavy atom. The Morgan fingerprint density at radius 1 is 1.53 bits per heavy atom. The molecule has 1 amide bonds. The lowest BCUT2D eigenvalue weighted by atomic mass is 10.2. The van der Waals surface area contributed by atoms with E-state index in [1.54, 1.807) is 12.3 Å². The molecule has 1 aliphatic rings. The maximum Gasteiger partial charge on any atom is 0.268 e. The molecule has 1 aromatic carbocycles. The van der Waals surface area contributed by atoms with Crippen molar-refractivity contribution in [3.8, 4) is 17.1 Å². The van der Waals surface area contributed by atoms with Gasteiger partial charge in [0.1, 0.15) is 23.9 Å². The summed E-state index contributed by atoms with van der Waals surface area (Å²) in [6, 6.07) is 3.56. The maximum absolute atomic E-state index is 11.2. The highest BCUT2D eigenvalue weighted by atomic mass is 79.9. The lowest BCUT2D eigenvalue weighted by molar-refractivity contribution is 0.0996. The summed E-state index contributed by atoms with van der Waals surface area (Å²) >= 11 is 9.42. The van der Waals surface area contributed by atoms with Gasteiger partial charge in [-0.15, -0.1) is 0 Å². The summed E-state index contributed by atoms with van der Waals surface area (Å²) < 4.78 is 8.24. The lowest BCUT2D eigenvalue weighted by Gasteiger charge is -2.07. The minimum atomic E-state index is -0.545. The van der Waals surface area contributed by atoms with Gasteiger partial charge in [-0.1, -0.05) is 11.6 Å². The van der Waals surface area contributed by atoms with Gasteiger partial charge >= 0.3 is 0 Å². The van der Waals surface area contributed by atoms with Crippen LogP contribution in [0.15, 0.2) is 22.8 Å². The lowest BCUT2D eigenvalue weighted by Crippen LogP contribution is -2.11. The van der Waals surface area contributed by atoms with Crippen molar-refractivity contribution < 1.29 is 9.53 Å². The van der Waals surface area contributed by atoms with E-state index in [2.05, 4.69) is 20.9 Å². The number of carbonyl (C=O) groups is 1. The number of ether oxygens (including phenoxy) is 1.